The SMILES string of the molecule is CC(C)COc1cc(Nc2nc(N[C@@H]3CCCC[C@@H]3N)c(F)cc2C(N)=O)ccn1. The molecular weight excluding hydrogens is 387 g/mol. The lowest BCUT2D eigenvalue weighted by atomic mass is 9.91. The van der Waals surface area contributed by atoms with Crippen LogP contribution in [-0.4, -0.2) is 34.6 Å². The smallest absolute Gasteiger partial charge is 0.252 e. The molecule has 0 radical (unpaired) electrons. The molecule has 3 rings (SSSR count). The fourth-order valence-electron chi connectivity index (χ4n) is 3.34. The minimum atomic E-state index is -0.782. The Hall–Kier alpha value is -2.94. The van der Waals surface area contributed by atoms with E-state index >= 15 is 0 Å². The number of anilines is 3. The van der Waals surface area contributed by atoms with Gasteiger partial charge in [-0.05, 0) is 30.9 Å². The van der Waals surface area contributed by atoms with Crippen molar-refractivity contribution in [2.24, 2.45) is 17.4 Å². The molecule has 0 unspecified atom stereocenters. The lowest BCUT2D eigenvalue weighted by Gasteiger charge is -2.30. The zero-order valence-corrected chi connectivity index (χ0v) is 17.3. The number of rotatable bonds is 8. The zero-order chi connectivity index (χ0) is 21.7. The maximum absolute atomic E-state index is 14.6. The number of primary amides is 1. The first-order valence-corrected chi connectivity index (χ1v) is 10.2. The fourth-order valence-corrected chi connectivity index (χ4v) is 3.34. The van der Waals surface area contributed by atoms with Gasteiger partial charge in [0.05, 0.1) is 12.2 Å². The molecule has 1 saturated carbocycles. The molecule has 162 valence electrons. The number of pyridine rings is 2. The van der Waals surface area contributed by atoms with Gasteiger partial charge in [-0.2, -0.15) is 0 Å². The summed E-state index contributed by atoms with van der Waals surface area (Å²) < 4.78 is 20.2. The quantitative estimate of drug-likeness (QED) is 0.520. The first kappa shape index (κ1) is 21.8. The second-order valence-electron chi connectivity index (χ2n) is 7.99. The Balaban J connectivity index is 1.85. The van der Waals surface area contributed by atoms with Crippen LogP contribution in [-0.2, 0) is 0 Å². The molecule has 1 aliphatic carbocycles. The van der Waals surface area contributed by atoms with Crippen LogP contribution >= 0.6 is 0 Å². The first-order valence-electron chi connectivity index (χ1n) is 10.2. The topological polar surface area (TPSA) is 128 Å². The van der Waals surface area contributed by atoms with Gasteiger partial charge in [-0.3, -0.25) is 4.79 Å². The van der Waals surface area contributed by atoms with Gasteiger partial charge in [0.15, 0.2) is 11.6 Å². The van der Waals surface area contributed by atoms with E-state index in [2.05, 4.69) is 20.6 Å². The van der Waals surface area contributed by atoms with Crippen LogP contribution in [0.5, 0.6) is 5.88 Å². The van der Waals surface area contributed by atoms with E-state index in [1.807, 2.05) is 13.8 Å². The number of ether oxygens (including phenoxy) is 1. The maximum Gasteiger partial charge on any atom is 0.252 e. The van der Waals surface area contributed by atoms with E-state index in [0.717, 1.165) is 31.7 Å². The Morgan fingerprint density at radius 2 is 2.07 bits per heavy atom. The van der Waals surface area contributed by atoms with Crippen molar-refractivity contribution in [3.63, 3.8) is 0 Å². The molecule has 2 aromatic rings. The molecule has 0 spiro atoms. The molecule has 1 amide bonds. The molecule has 0 saturated heterocycles. The predicted molar refractivity (Wildman–Crippen MR) is 114 cm³/mol. The van der Waals surface area contributed by atoms with Crippen LogP contribution in [0.4, 0.5) is 21.7 Å². The number of hydrogen-bond donors (Lipinski definition) is 4. The average molecular weight is 417 g/mol. The average Bonchev–Trinajstić information content (AvgIpc) is 2.70. The van der Waals surface area contributed by atoms with Crippen molar-refractivity contribution in [3.05, 3.63) is 35.8 Å². The van der Waals surface area contributed by atoms with Gasteiger partial charge in [0.1, 0.15) is 5.82 Å². The highest BCUT2D eigenvalue weighted by Crippen LogP contribution is 2.27. The standard InChI is InChI=1S/C21H29FN6O2/c1-12(2)11-30-18-9-13(7-8-25-18)26-20-14(19(24)29)10-15(22)21(28-20)27-17-6-4-3-5-16(17)23/h7-10,12,16-17H,3-6,11,23H2,1-2H3,(H2,24,29)(H2,25,26,27,28)/t16-,17+/m0/s1. The Kier molecular flexibility index (Phi) is 7.04. The van der Waals surface area contributed by atoms with Gasteiger partial charge in [0, 0.05) is 30.0 Å². The largest absolute Gasteiger partial charge is 0.477 e. The van der Waals surface area contributed by atoms with E-state index < -0.39 is 11.7 Å². The van der Waals surface area contributed by atoms with Gasteiger partial charge in [-0.25, -0.2) is 14.4 Å². The summed E-state index contributed by atoms with van der Waals surface area (Å²) in [6.07, 6.45) is 5.37. The summed E-state index contributed by atoms with van der Waals surface area (Å²) >= 11 is 0. The molecule has 2 atom stereocenters. The van der Waals surface area contributed by atoms with Gasteiger partial charge in [-0.1, -0.05) is 26.7 Å². The van der Waals surface area contributed by atoms with Crippen molar-refractivity contribution in [2.75, 3.05) is 17.2 Å². The van der Waals surface area contributed by atoms with Gasteiger partial charge in [0.2, 0.25) is 5.88 Å². The van der Waals surface area contributed by atoms with Crippen LogP contribution in [0.3, 0.4) is 0 Å². The van der Waals surface area contributed by atoms with E-state index in [9.17, 15) is 9.18 Å². The monoisotopic (exact) mass is 416 g/mol. The van der Waals surface area contributed by atoms with Gasteiger partial charge < -0.3 is 26.8 Å². The maximum atomic E-state index is 14.6. The molecule has 2 aromatic heterocycles. The summed E-state index contributed by atoms with van der Waals surface area (Å²) in [4.78, 5) is 20.3. The third-order valence-electron chi connectivity index (χ3n) is 4.95. The van der Waals surface area contributed by atoms with Crippen LogP contribution in [0.2, 0.25) is 0 Å². The number of nitrogens with two attached hydrogens (primary N) is 2. The van der Waals surface area contributed by atoms with E-state index in [0.29, 0.717) is 24.1 Å². The number of nitrogens with one attached hydrogen (secondary N) is 2. The minimum Gasteiger partial charge on any atom is -0.477 e. The Morgan fingerprint density at radius 3 is 2.77 bits per heavy atom. The molecule has 6 N–H and O–H groups in total. The highest BCUT2D eigenvalue weighted by atomic mass is 19.1. The van der Waals surface area contributed by atoms with Gasteiger partial charge in [0.25, 0.3) is 5.91 Å². The van der Waals surface area contributed by atoms with Crippen molar-refractivity contribution in [1.82, 2.24) is 9.97 Å². The van der Waals surface area contributed by atoms with E-state index in [4.69, 9.17) is 16.2 Å². The number of aromatic nitrogens is 2. The van der Waals surface area contributed by atoms with Crippen LogP contribution in [0.15, 0.2) is 24.4 Å². The predicted octanol–water partition coefficient (Wildman–Crippen LogP) is 3.17. The van der Waals surface area contributed by atoms with Crippen LogP contribution in [0.25, 0.3) is 0 Å². The van der Waals surface area contributed by atoms with E-state index in [-0.39, 0.29) is 29.3 Å². The van der Waals surface area contributed by atoms with Crippen molar-refractivity contribution < 1.29 is 13.9 Å². The number of amides is 1. The summed E-state index contributed by atoms with van der Waals surface area (Å²) in [5.74, 6) is -0.462. The van der Waals surface area contributed by atoms with Crippen molar-refractivity contribution >= 4 is 23.2 Å². The second kappa shape index (κ2) is 9.71. The van der Waals surface area contributed by atoms with Gasteiger partial charge in [-0.15, -0.1) is 0 Å². The zero-order valence-electron chi connectivity index (χ0n) is 17.3. The number of nitrogens with zero attached hydrogens (tertiary/aromatic N) is 2. The van der Waals surface area contributed by atoms with Crippen molar-refractivity contribution in [3.8, 4) is 5.88 Å². The molecule has 1 fully saturated rings. The summed E-state index contributed by atoms with van der Waals surface area (Å²) in [7, 11) is 0. The van der Waals surface area contributed by atoms with Crippen molar-refractivity contribution in [1.29, 1.82) is 0 Å². The molecule has 0 bridgehead atoms. The summed E-state index contributed by atoms with van der Waals surface area (Å²) in [6, 6.07) is 4.31. The Morgan fingerprint density at radius 1 is 1.30 bits per heavy atom. The first-order chi connectivity index (χ1) is 14.3. The van der Waals surface area contributed by atoms with Crippen LogP contribution in [0, 0.1) is 11.7 Å². The normalized spacial score (nSPS) is 18.8. The van der Waals surface area contributed by atoms with Crippen molar-refractivity contribution in [2.45, 2.75) is 51.6 Å². The summed E-state index contributed by atoms with van der Waals surface area (Å²) in [5.41, 5.74) is 12.1. The highest BCUT2D eigenvalue weighted by Gasteiger charge is 2.24. The number of hydrogen-bond acceptors (Lipinski definition) is 7. The molecule has 30 heavy (non-hydrogen) atoms. The lowest BCUT2D eigenvalue weighted by molar-refractivity contribution is 0.100. The third-order valence-corrected chi connectivity index (χ3v) is 4.95. The van der Waals surface area contributed by atoms with E-state index in [1.54, 1.807) is 18.3 Å². The molecule has 0 aliphatic heterocycles. The Bertz CT molecular complexity index is 892. The third kappa shape index (κ3) is 5.56. The molecule has 1 aliphatic rings. The summed E-state index contributed by atoms with van der Waals surface area (Å²) in [5, 5.41) is 6.12. The number of carbonyl (C=O) groups is 1. The van der Waals surface area contributed by atoms with Gasteiger partial charge >= 0.3 is 0 Å². The van der Waals surface area contributed by atoms with Crippen LogP contribution in [0.1, 0.15) is 49.9 Å². The van der Waals surface area contributed by atoms with E-state index in [1.165, 1.54) is 0 Å². The summed E-state index contributed by atoms with van der Waals surface area (Å²) in [6.45, 7) is 4.60. The number of halogens is 1. The molecular formula is C21H29FN6O2. The number of carbonyl (C=O) groups excluding carboxylic acids is 1. The molecule has 9 heteroatoms. The minimum absolute atomic E-state index is 0.0372. The fraction of sp³-hybridized carbons (Fsp3) is 0.476. The second-order valence-corrected chi connectivity index (χ2v) is 7.99. The van der Waals surface area contributed by atoms with Crippen LogP contribution < -0.4 is 26.8 Å². The molecule has 0 aromatic carbocycles. The molecule has 2 heterocycles. The lowest BCUT2D eigenvalue weighted by Crippen LogP contribution is -2.43. The molecule has 8 nitrogen and oxygen atoms in total. The Labute approximate surface area is 175 Å². The highest BCUT2D eigenvalue weighted by molar-refractivity contribution is 5.98.